The first-order valence-corrected chi connectivity index (χ1v) is 7.37. The maximum absolute atomic E-state index is 11.5. The number of hydrogen-bond acceptors (Lipinski definition) is 3. The molecule has 1 N–H and O–H groups in total. The average Bonchev–Trinajstić information content (AvgIpc) is 2.40. The summed E-state index contributed by atoms with van der Waals surface area (Å²) < 4.78 is 4.92. The molecule has 0 heterocycles. The zero-order chi connectivity index (χ0) is 14.9. The number of carbonyl (C=O) groups excluding carboxylic acids is 1. The Morgan fingerprint density at radius 3 is 2.37 bits per heavy atom. The van der Waals surface area contributed by atoms with Crippen LogP contribution in [0.15, 0.2) is 12.2 Å². The summed E-state index contributed by atoms with van der Waals surface area (Å²) in [4.78, 5) is 11.5. The SMILES string of the molecule is C=C(CCCCC(C)(CC)CC)C(=O)OCC(C)O. The van der Waals surface area contributed by atoms with Crippen molar-refractivity contribution < 1.29 is 14.6 Å². The molecule has 3 heteroatoms. The summed E-state index contributed by atoms with van der Waals surface area (Å²) in [6.45, 7) is 12.2. The number of esters is 1. The summed E-state index contributed by atoms with van der Waals surface area (Å²) in [5.41, 5.74) is 0.934. The Bertz CT molecular complexity index is 278. The van der Waals surface area contributed by atoms with Crippen molar-refractivity contribution in [2.45, 2.75) is 72.3 Å². The Kier molecular flexibility index (Phi) is 8.73. The number of aliphatic hydroxyl groups is 1. The van der Waals surface area contributed by atoms with Crippen molar-refractivity contribution in [2.24, 2.45) is 5.41 Å². The third kappa shape index (κ3) is 8.04. The standard InChI is InChI=1S/C16H30O3/c1-6-16(5,7-2)11-9-8-10-13(3)15(18)19-12-14(4)17/h14,17H,3,6-12H2,1-2,4-5H3. The van der Waals surface area contributed by atoms with Crippen molar-refractivity contribution >= 4 is 5.97 Å². The van der Waals surface area contributed by atoms with E-state index in [0.29, 0.717) is 17.4 Å². The molecule has 1 unspecified atom stereocenters. The Hall–Kier alpha value is -0.830. The van der Waals surface area contributed by atoms with E-state index in [0.717, 1.165) is 12.8 Å². The lowest BCUT2D eigenvalue weighted by atomic mass is 9.80. The van der Waals surface area contributed by atoms with Crippen LogP contribution in [0.5, 0.6) is 0 Å². The topological polar surface area (TPSA) is 46.5 Å². The van der Waals surface area contributed by atoms with E-state index in [9.17, 15) is 4.79 Å². The van der Waals surface area contributed by atoms with Crippen LogP contribution >= 0.6 is 0 Å². The van der Waals surface area contributed by atoms with E-state index in [4.69, 9.17) is 9.84 Å². The van der Waals surface area contributed by atoms with Crippen molar-refractivity contribution in [3.8, 4) is 0 Å². The van der Waals surface area contributed by atoms with Gasteiger partial charge in [-0.1, -0.05) is 46.6 Å². The molecule has 0 aromatic heterocycles. The molecule has 1 atom stereocenters. The first-order chi connectivity index (χ1) is 8.84. The minimum absolute atomic E-state index is 0.0432. The maximum atomic E-state index is 11.5. The van der Waals surface area contributed by atoms with Crippen LogP contribution in [0, 0.1) is 5.41 Å². The van der Waals surface area contributed by atoms with Crippen LogP contribution in [0.25, 0.3) is 0 Å². The molecule has 0 aliphatic rings. The Morgan fingerprint density at radius 1 is 1.32 bits per heavy atom. The highest BCUT2D eigenvalue weighted by atomic mass is 16.5. The molecule has 0 saturated heterocycles. The number of rotatable bonds is 10. The van der Waals surface area contributed by atoms with E-state index in [1.807, 2.05) is 0 Å². The number of aliphatic hydroxyl groups excluding tert-OH is 1. The monoisotopic (exact) mass is 270 g/mol. The van der Waals surface area contributed by atoms with Gasteiger partial charge < -0.3 is 9.84 Å². The van der Waals surface area contributed by atoms with E-state index in [1.54, 1.807) is 6.92 Å². The molecule has 0 spiro atoms. The molecule has 0 aliphatic heterocycles. The molecule has 0 radical (unpaired) electrons. The fourth-order valence-electron chi connectivity index (χ4n) is 1.89. The fourth-order valence-corrected chi connectivity index (χ4v) is 1.89. The van der Waals surface area contributed by atoms with Crippen molar-refractivity contribution in [3.05, 3.63) is 12.2 Å². The number of carbonyl (C=O) groups is 1. The van der Waals surface area contributed by atoms with Gasteiger partial charge in [-0.3, -0.25) is 0 Å². The molecular formula is C16H30O3. The van der Waals surface area contributed by atoms with Gasteiger partial charge in [-0.25, -0.2) is 4.79 Å². The van der Waals surface area contributed by atoms with Crippen LogP contribution in [0.1, 0.15) is 66.2 Å². The third-order valence-electron chi connectivity index (χ3n) is 3.96. The minimum atomic E-state index is -0.619. The highest BCUT2D eigenvalue weighted by molar-refractivity contribution is 5.87. The van der Waals surface area contributed by atoms with Gasteiger partial charge in [0.05, 0.1) is 6.10 Å². The normalized spacial score (nSPS) is 13.1. The fraction of sp³-hybridized carbons (Fsp3) is 0.812. The highest BCUT2D eigenvalue weighted by Crippen LogP contribution is 2.31. The summed E-state index contributed by atoms with van der Waals surface area (Å²) in [6, 6.07) is 0. The molecule has 19 heavy (non-hydrogen) atoms. The van der Waals surface area contributed by atoms with Gasteiger partial charge in [-0.05, 0) is 31.6 Å². The zero-order valence-electron chi connectivity index (χ0n) is 13.0. The molecular weight excluding hydrogens is 240 g/mol. The predicted octanol–water partition coefficient (Wildman–Crippen LogP) is 3.85. The molecule has 0 fully saturated rings. The largest absolute Gasteiger partial charge is 0.460 e. The lowest BCUT2D eigenvalue weighted by Gasteiger charge is -2.26. The van der Waals surface area contributed by atoms with Gasteiger partial charge in [0.25, 0.3) is 0 Å². The Labute approximate surface area is 118 Å². The Morgan fingerprint density at radius 2 is 1.89 bits per heavy atom. The molecule has 0 bridgehead atoms. The molecule has 0 amide bonds. The smallest absolute Gasteiger partial charge is 0.333 e. The van der Waals surface area contributed by atoms with Crippen LogP contribution < -0.4 is 0 Å². The lowest BCUT2D eigenvalue weighted by molar-refractivity contribution is -0.141. The molecule has 0 rings (SSSR count). The second-order valence-electron chi connectivity index (χ2n) is 5.78. The summed E-state index contributed by atoms with van der Waals surface area (Å²) in [7, 11) is 0. The highest BCUT2D eigenvalue weighted by Gasteiger charge is 2.18. The first-order valence-electron chi connectivity index (χ1n) is 7.37. The van der Waals surface area contributed by atoms with Gasteiger partial charge in [0.1, 0.15) is 6.61 Å². The second-order valence-corrected chi connectivity index (χ2v) is 5.78. The predicted molar refractivity (Wildman–Crippen MR) is 78.9 cm³/mol. The van der Waals surface area contributed by atoms with Crippen molar-refractivity contribution in [1.29, 1.82) is 0 Å². The number of ether oxygens (including phenoxy) is 1. The van der Waals surface area contributed by atoms with Crippen LogP contribution in [0.4, 0.5) is 0 Å². The summed E-state index contributed by atoms with van der Waals surface area (Å²) in [5.74, 6) is -0.380. The van der Waals surface area contributed by atoms with Gasteiger partial charge in [-0.2, -0.15) is 0 Å². The van der Waals surface area contributed by atoms with Gasteiger partial charge in [-0.15, -0.1) is 0 Å². The Balaban J connectivity index is 3.83. The molecule has 0 saturated carbocycles. The van der Waals surface area contributed by atoms with Gasteiger partial charge in [0.15, 0.2) is 0 Å². The van der Waals surface area contributed by atoms with Crippen LogP contribution in [-0.4, -0.2) is 23.8 Å². The van der Waals surface area contributed by atoms with E-state index in [1.165, 1.54) is 19.3 Å². The van der Waals surface area contributed by atoms with E-state index < -0.39 is 6.10 Å². The van der Waals surface area contributed by atoms with Crippen molar-refractivity contribution in [1.82, 2.24) is 0 Å². The molecule has 0 aromatic carbocycles. The van der Waals surface area contributed by atoms with Crippen LogP contribution in [0.2, 0.25) is 0 Å². The summed E-state index contributed by atoms with van der Waals surface area (Å²) in [6.07, 6.45) is 5.73. The van der Waals surface area contributed by atoms with Crippen molar-refractivity contribution in [3.63, 3.8) is 0 Å². The number of hydrogen-bond donors (Lipinski definition) is 1. The minimum Gasteiger partial charge on any atom is -0.460 e. The summed E-state index contributed by atoms with van der Waals surface area (Å²) >= 11 is 0. The summed E-state index contributed by atoms with van der Waals surface area (Å²) in [5, 5.41) is 9.03. The number of unbranched alkanes of at least 4 members (excludes halogenated alkanes) is 1. The van der Waals surface area contributed by atoms with Crippen LogP contribution in [-0.2, 0) is 9.53 Å². The molecule has 0 aromatic rings. The average molecular weight is 270 g/mol. The quantitative estimate of drug-likeness (QED) is 0.372. The third-order valence-corrected chi connectivity index (χ3v) is 3.96. The molecule has 3 nitrogen and oxygen atoms in total. The van der Waals surface area contributed by atoms with E-state index in [2.05, 4.69) is 27.4 Å². The van der Waals surface area contributed by atoms with Gasteiger partial charge in [0.2, 0.25) is 0 Å². The van der Waals surface area contributed by atoms with Crippen molar-refractivity contribution in [2.75, 3.05) is 6.61 Å². The van der Waals surface area contributed by atoms with Crippen LogP contribution in [0.3, 0.4) is 0 Å². The maximum Gasteiger partial charge on any atom is 0.333 e. The second kappa shape index (κ2) is 9.13. The first kappa shape index (κ1) is 18.2. The molecule has 0 aliphatic carbocycles. The van der Waals surface area contributed by atoms with Gasteiger partial charge in [0, 0.05) is 5.57 Å². The van der Waals surface area contributed by atoms with E-state index >= 15 is 0 Å². The van der Waals surface area contributed by atoms with Gasteiger partial charge >= 0.3 is 5.97 Å². The zero-order valence-corrected chi connectivity index (χ0v) is 13.0. The van der Waals surface area contributed by atoms with E-state index in [-0.39, 0.29) is 12.6 Å². The lowest BCUT2D eigenvalue weighted by Crippen LogP contribution is -2.16. The molecule has 112 valence electrons.